The molecule has 16 heavy (non-hydrogen) atoms. The van der Waals surface area contributed by atoms with Crippen molar-refractivity contribution in [1.29, 1.82) is 0 Å². The molecule has 0 spiro atoms. The Kier molecular flexibility index (Phi) is 12.9. The van der Waals surface area contributed by atoms with Crippen LogP contribution in [0.25, 0.3) is 0 Å². The number of aliphatic hydroxyl groups excluding tert-OH is 2. The van der Waals surface area contributed by atoms with Gasteiger partial charge in [-0.05, 0) is 52.9 Å². The summed E-state index contributed by atoms with van der Waals surface area (Å²) in [6, 6.07) is 0. The minimum absolute atomic E-state index is 0.192. The van der Waals surface area contributed by atoms with Crippen molar-refractivity contribution in [2.75, 3.05) is 27.2 Å². The van der Waals surface area contributed by atoms with Gasteiger partial charge < -0.3 is 20.8 Å². The number of nitrogens with one attached hydrogen (secondary N) is 2. The van der Waals surface area contributed by atoms with Crippen LogP contribution in [0.2, 0.25) is 0 Å². The first kappa shape index (κ1) is 18.2. The molecule has 0 fully saturated rings. The maximum Gasteiger partial charge on any atom is 0.0549 e. The van der Waals surface area contributed by atoms with E-state index in [9.17, 15) is 0 Å². The van der Waals surface area contributed by atoms with E-state index in [4.69, 9.17) is 10.2 Å². The Balaban J connectivity index is 0. The molecule has 100 valence electrons. The van der Waals surface area contributed by atoms with Crippen LogP contribution in [0.5, 0.6) is 0 Å². The van der Waals surface area contributed by atoms with Gasteiger partial charge in [0.15, 0.2) is 0 Å². The zero-order chi connectivity index (χ0) is 13.1. The number of rotatable bonds is 6. The highest BCUT2D eigenvalue weighted by atomic mass is 16.3. The first-order chi connectivity index (χ1) is 7.36. The van der Waals surface area contributed by atoms with Gasteiger partial charge >= 0.3 is 0 Å². The normalized spacial score (nSPS) is 18.0. The van der Waals surface area contributed by atoms with Gasteiger partial charge in [-0.2, -0.15) is 0 Å². The van der Waals surface area contributed by atoms with Crippen molar-refractivity contribution in [2.45, 2.75) is 39.9 Å². The molecule has 0 saturated carbocycles. The lowest BCUT2D eigenvalue weighted by atomic mass is 10.1. The fourth-order valence-corrected chi connectivity index (χ4v) is 0.985. The second-order valence-corrected chi connectivity index (χ2v) is 4.55. The van der Waals surface area contributed by atoms with Crippen LogP contribution < -0.4 is 10.6 Å². The summed E-state index contributed by atoms with van der Waals surface area (Å²) in [4.78, 5) is 0. The van der Waals surface area contributed by atoms with E-state index < -0.39 is 0 Å². The molecule has 0 radical (unpaired) electrons. The molecule has 0 heterocycles. The molecule has 0 aromatic heterocycles. The zero-order valence-electron chi connectivity index (χ0n) is 11.6. The third-order valence-electron chi connectivity index (χ3n) is 2.70. The summed E-state index contributed by atoms with van der Waals surface area (Å²) in [5.41, 5.74) is 0. The Morgan fingerprint density at radius 3 is 1.06 bits per heavy atom. The number of hydrogen-bond donors (Lipinski definition) is 4. The lowest BCUT2D eigenvalue weighted by Crippen LogP contribution is -2.24. The quantitative estimate of drug-likeness (QED) is 0.539. The summed E-state index contributed by atoms with van der Waals surface area (Å²) in [6.07, 6.45) is -0.384. The van der Waals surface area contributed by atoms with E-state index in [1.165, 1.54) is 0 Å². The highest BCUT2D eigenvalue weighted by Gasteiger charge is 2.05. The fraction of sp³-hybridized carbons (Fsp3) is 1.00. The van der Waals surface area contributed by atoms with Gasteiger partial charge in [-0.3, -0.25) is 0 Å². The van der Waals surface area contributed by atoms with Crippen molar-refractivity contribution in [1.82, 2.24) is 10.6 Å². The molecule has 0 aromatic rings. The van der Waals surface area contributed by atoms with Gasteiger partial charge in [0.2, 0.25) is 0 Å². The first-order valence-electron chi connectivity index (χ1n) is 6.02. The molecule has 0 saturated heterocycles. The summed E-state index contributed by atoms with van der Waals surface area (Å²) >= 11 is 0. The second kappa shape index (κ2) is 11.3. The molecule has 0 amide bonds. The zero-order valence-corrected chi connectivity index (χ0v) is 11.6. The molecule has 0 rings (SSSR count). The van der Waals surface area contributed by atoms with Crippen LogP contribution in [-0.2, 0) is 0 Å². The van der Waals surface area contributed by atoms with Gasteiger partial charge in [0.1, 0.15) is 0 Å². The first-order valence-corrected chi connectivity index (χ1v) is 6.02. The average molecular weight is 234 g/mol. The van der Waals surface area contributed by atoms with Crippen LogP contribution in [0.1, 0.15) is 27.7 Å². The van der Waals surface area contributed by atoms with E-state index in [0.717, 1.165) is 13.1 Å². The highest BCUT2D eigenvalue weighted by Crippen LogP contribution is 1.98. The van der Waals surface area contributed by atoms with Gasteiger partial charge in [-0.25, -0.2) is 0 Å². The molecule has 0 aromatic carbocycles. The third kappa shape index (κ3) is 11.9. The molecule has 4 atom stereocenters. The highest BCUT2D eigenvalue weighted by molar-refractivity contribution is 4.60. The monoisotopic (exact) mass is 234 g/mol. The molecular formula is C12H30N2O2. The Morgan fingerprint density at radius 1 is 0.750 bits per heavy atom. The fourth-order valence-electron chi connectivity index (χ4n) is 0.985. The number of hydrogen-bond acceptors (Lipinski definition) is 4. The van der Waals surface area contributed by atoms with Gasteiger partial charge in [0.05, 0.1) is 12.2 Å². The minimum atomic E-state index is -0.192. The SMILES string of the molecule is CNCC(C)C(C)O.CNCC(C)C(C)O. The second-order valence-electron chi connectivity index (χ2n) is 4.55. The van der Waals surface area contributed by atoms with Crippen LogP contribution in [-0.4, -0.2) is 49.6 Å². The Hall–Kier alpha value is -0.160. The number of aliphatic hydroxyl groups is 2. The van der Waals surface area contributed by atoms with Gasteiger partial charge in [0, 0.05) is 0 Å². The van der Waals surface area contributed by atoms with Gasteiger partial charge in [-0.1, -0.05) is 13.8 Å². The molecular weight excluding hydrogens is 204 g/mol. The molecule has 4 N–H and O–H groups in total. The summed E-state index contributed by atoms with van der Waals surface area (Å²) in [5.74, 6) is 0.722. The maximum atomic E-state index is 8.91. The van der Waals surface area contributed by atoms with E-state index in [2.05, 4.69) is 10.6 Å². The molecule has 0 aliphatic rings. The molecule has 4 heteroatoms. The van der Waals surface area contributed by atoms with E-state index in [-0.39, 0.29) is 12.2 Å². The van der Waals surface area contributed by atoms with Crippen LogP contribution in [0, 0.1) is 11.8 Å². The summed E-state index contributed by atoms with van der Waals surface area (Å²) in [5, 5.41) is 23.8. The predicted molar refractivity (Wildman–Crippen MR) is 69.5 cm³/mol. The van der Waals surface area contributed by atoms with Crippen LogP contribution in [0.3, 0.4) is 0 Å². The largest absolute Gasteiger partial charge is 0.393 e. The van der Waals surface area contributed by atoms with E-state index in [1.54, 1.807) is 0 Å². The van der Waals surface area contributed by atoms with Crippen molar-refractivity contribution < 1.29 is 10.2 Å². The van der Waals surface area contributed by atoms with Crippen LogP contribution >= 0.6 is 0 Å². The summed E-state index contributed by atoms with van der Waals surface area (Å²) < 4.78 is 0. The van der Waals surface area contributed by atoms with E-state index in [1.807, 2.05) is 41.8 Å². The Bertz CT molecular complexity index is 125. The van der Waals surface area contributed by atoms with Crippen molar-refractivity contribution in [3.8, 4) is 0 Å². The van der Waals surface area contributed by atoms with Gasteiger partial charge in [-0.15, -0.1) is 0 Å². The van der Waals surface area contributed by atoms with Crippen LogP contribution in [0.15, 0.2) is 0 Å². The van der Waals surface area contributed by atoms with Crippen molar-refractivity contribution in [2.24, 2.45) is 11.8 Å². The van der Waals surface area contributed by atoms with Crippen molar-refractivity contribution in [3.63, 3.8) is 0 Å². The van der Waals surface area contributed by atoms with Crippen molar-refractivity contribution >= 4 is 0 Å². The Labute approximate surface area is 100 Å². The standard InChI is InChI=1S/2C6H15NO/c2*1-5(4-7-3)6(2)8/h2*5-8H,4H2,1-3H3. The average Bonchev–Trinajstić information content (AvgIpc) is 2.19. The molecule has 0 aliphatic carbocycles. The van der Waals surface area contributed by atoms with E-state index in [0.29, 0.717) is 11.8 Å². The molecule has 0 bridgehead atoms. The van der Waals surface area contributed by atoms with Crippen molar-refractivity contribution in [3.05, 3.63) is 0 Å². The molecule has 4 nitrogen and oxygen atoms in total. The summed E-state index contributed by atoms with van der Waals surface area (Å²) in [6.45, 7) is 9.42. The predicted octanol–water partition coefficient (Wildman–Crippen LogP) is 0.445. The lowest BCUT2D eigenvalue weighted by molar-refractivity contribution is 0.135. The summed E-state index contributed by atoms with van der Waals surface area (Å²) in [7, 11) is 3.78. The third-order valence-corrected chi connectivity index (χ3v) is 2.70. The smallest absolute Gasteiger partial charge is 0.0549 e. The minimum Gasteiger partial charge on any atom is -0.393 e. The molecule has 4 unspecified atom stereocenters. The van der Waals surface area contributed by atoms with Gasteiger partial charge in [0.25, 0.3) is 0 Å². The van der Waals surface area contributed by atoms with Crippen LogP contribution in [0.4, 0.5) is 0 Å². The lowest BCUT2D eigenvalue weighted by Gasteiger charge is -2.12. The Morgan fingerprint density at radius 2 is 1.00 bits per heavy atom. The topological polar surface area (TPSA) is 64.5 Å². The van der Waals surface area contributed by atoms with E-state index >= 15 is 0 Å². The molecule has 0 aliphatic heterocycles. The maximum absolute atomic E-state index is 8.91.